The summed E-state index contributed by atoms with van der Waals surface area (Å²) in [4.78, 5) is 6.72. The molecule has 23 heavy (non-hydrogen) atoms. The fourth-order valence-corrected chi connectivity index (χ4v) is 5.21. The fourth-order valence-electron chi connectivity index (χ4n) is 3.38. The fraction of sp³-hybridized carbons (Fsp3) is 0.562. The van der Waals surface area contributed by atoms with Crippen LogP contribution in [0.25, 0.3) is 11.0 Å². The van der Waals surface area contributed by atoms with Gasteiger partial charge in [-0.05, 0) is 37.8 Å². The summed E-state index contributed by atoms with van der Waals surface area (Å²) < 4.78 is 31.8. The summed E-state index contributed by atoms with van der Waals surface area (Å²) in [5.74, 6) is 0.933. The highest BCUT2D eigenvalue weighted by Crippen LogP contribution is 2.34. The molecule has 124 valence electrons. The number of pyridine rings is 1. The van der Waals surface area contributed by atoms with Crippen molar-refractivity contribution in [3.05, 3.63) is 24.6 Å². The van der Waals surface area contributed by atoms with Crippen LogP contribution in [0.2, 0.25) is 0 Å². The summed E-state index contributed by atoms with van der Waals surface area (Å²) in [6, 6.07) is 3.90. The van der Waals surface area contributed by atoms with Gasteiger partial charge in [-0.25, -0.2) is 17.7 Å². The van der Waals surface area contributed by atoms with Crippen molar-refractivity contribution < 1.29 is 12.8 Å². The molecule has 3 heterocycles. The Morgan fingerprint density at radius 3 is 2.65 bits per heavy atom. The van der Waals surface area contributed by atoms with Crippen LogP contribution in [0.5, 0.6) is 0 Å². The zero-order valence-corrected chi connectivity index (χ0v) is 14.0. The van der Waals surface area contributed by atoms with Crippen LogP contribution in [0.1, 0.15) is 25.7 Å². The average Bonchev–Trinajstić information content (AvgIpc) is 3.32. The van der Waals surface area contributed by atoms with Gasteiger partial charge in [0.2, 0.25) is 10.0 Å². The van der Waals surface area contributed by atoms with E-state index in [0.717, 1.165) is 55.6 Å². The largest absolute Gasteiger partial charge is 0.464 e. The van der Waals surface area contributed by atoms with Gasteiger partial charge >= 0.3 is 0 Å². The van der Waals surface area contributed by atoms with Gasteiger partial charge in [-0.2, -0.15) is 0 Å². The van der Waals surface area contributed by atoms with E-state index in [1.165, 1.54) is 0 Å². The molecule has 1 aliphatic carbocycles. The second kappa shape index (κ2) is 5.49. The number of rotatable bonds is 4. The van der Waals surface area contributed by atoms with E-state index in [9.17, 15) is 8.42 Å². The van der Waals surface area contributed by atoms with Gasteiger partial charge in [0.1, 0.15) is 11.4 Å². The van der Waals surface area contributed by atoms with Crippen molar-refractivity contribution >= 4 is 26.8 Å². The third-order valence-electron chi connectivity index (χ3n) is 4.98. The van der Waals surface area contributed by atoms with Crippen molar-refractivity contribution in [1.82, 2.24) is 9.29 Å². The Morgan fingerprint density at radius 2 is 1.96 bits per heavy atom. The monoisotopic (exact) mass is 335 g/mol. The van der Waals surface area contributed by atoms with Crippen molar-refractivity contribution in [3.63, 3.8) is 0 Å². The molecule has 7 heteroatoms. The molecule has 0 N–H and O–H groups in total. The maximum atomic E-state index is 12.4. The number of piperidine rings is 1. The van der Waals surface area contributed by atoms with Crippen LogP contribution in [-0.4, -0.2) is 49.1 Å². The number of furan rings is 1. The zero-order valence-electron chi connectivity index (χ0n) is 13.2. The Morgan fingerprint density at radius 1 is 1.22 bits per heavy atom. The molecule has 2 aromatic heterocycles. The second-order valence-electron chi connectivity index (χ2n) is 6.45. The number of anilines is 1. The zero-order chi connectivity index (χ0) is 16.0. The number of nitrogens with zero attached hydrogens (tertiary/aromatic N) is 3. The van der Waals surface area contributed by atoms with Crippen LogP contribution in [0.3, 0.4) is 0 Å². The molecule has 2 fully saturated rings. The molecule has 1 aliphatic heterocycles. The first kappa shape index (κ1) is 15.0. The topological polar surface area (TPSA) is 66.7 Å². The normalized spacial score (nSPS) is 20.5. The van der Waals surface area contributed by atoms with Crippen LogP contribution in [0, 0.1) is 0 Å². The van der Waals surface area contributed by atoms with Gasteiger partial charge in [0.05, 0.1) is 16.9 Å². The molecule has 2 aromatic rings. The second-order valence-corrected chi connectivity index (χ2v) is 8.72. The van der Waals surface area contributed by atoms with E-state index in [1.54, 1.807) is 23.8 Å². The molecule has 1 saturated carbocycles. The summed E-state index contributed by atoms with van der Waals surface area (Å²) in [5, 5.41) is 0.886. The maximum absolute atomic E-state index is 12.4. The van der Waals surface area contributed by atoms with Gasteiger partial charge in [-0.1, -0.05) is 0 Å². The molecule has 2 aliphatic rings. The van der Waals surface area contributed by atoms with E-state index in [2.05, 4.69) is 9.88 Å². The van der Waals surface area contributed by atoms with Crippen LogP contribution in [0.15, 0.2) is 29.0 Å². The van der Waals surface area contributed by atoms with Gasteiger partial charge in [0.15, 0.2) is 0 Å². The number of fused-ring (bicyclic) bond motifs is 1. The minimum absolute atomic E-state index is 0.0976. The van der Waals surface area contributed by atoms with E-state index in [0.29, 0.717) is 0 Å². The SMILES string of the molecule is CN(C1CCN(c2nccc3occc23)CC1)S(=O)(=O)C1CC1. The first-order valence-corrected chi connectivity index (χ1v) is 9.61. The molecule has 0 unspecified atom stereocenters. The average molecular weight is 335 g/mol. The van der Waals surface area contributed by atoms with Crippen LogP contribution >= 0.6 is 0 Å². The summed E-state index contributed by atoms with van der Waals surface area (Å²) in [6.45, 7) is 1.62. The van der Waals surface area contributed by atoms with Gasteiger partial charge < -0.3 is 9.32 Å². The highest BCUT2D eigenvalue weighted by Gasteiger charge is 2.41. The van der Waals surface area contributed by atoms with Gasteiger partial charge in [0.25, 0.3) is 0 Å². The number of hydrogen-bond acceptors (Lipinski definition) is 5. The van der Waals surface area contributed by atoms with E-state index in [-0.39, 0.29) is 11.3 Å². The van der Waals surface area contributed by atoms with Crippen molar-refractivity contribution in [2.75, 3.05) is 25.0 Å². The van der Waals surface area contributed by atoms with Crippen molar-refractivity contribution in [3.8, 4) is 0 Å². The highest BCUT2D eigenvalue weighted by molar-refractivity contribution is 7.90. The lowest BCUT2D eigenvalue weighted by molar-refractivity contribution is 0.311. The van der Waals surface area contributed by atoms with E-state index in [4.69, 9.17) is 4.42 Å². The number of hydrogen-bond donors (Lipinski definition) is 0. The molecule has 6 nitrogen and oxygen atoms in total. The Kier molecular flexibility index (Phi) is 3.57. The van der Waals surface area contributed by atoms with Crippen molar-refractivity contribution in [2.24, 2.45) is 0 Å². The third kappa shape index (κ3) is 2.61. The molecule has 0 radical (unpaired) electrons. The molecule has 0 bridgehead atoms. The minimum atomic E-state index is -3.09. The molecule has 1 saturated heterocycles. The van der Waals surface area contributed by atoms with Gasteiger partial charge in [0, 0.05) is 32.4 Å². The summed E-state index contributed by atoms with van der Waals surface area (Å²) >= 11 is 0. The predicted octanol–water partition coefficient (Wildman–Crippen LogP) is 2.22. The Bertz CT molecular complexity index is 805. The van der Waals surface area contributed by atoms with E-state index in [1.807, 2.05) is 12.1 Å². The molecular weight excluding hydrogens is 314 g/mol. The molecule has 0 amide bonds. The smallest absolute Gasteiger partial charge is 0.216 e. The van der Waals surface area contributed by atoms with Crippen molar-refractivity contribution in [1.29, 1.82) is 0 Å². The number of sulfonamides is 1. The Hall–Kier alpha value is -1.60. The summed E-state index contributed by atoms with van der Waals surface area (Å²) in [7, 11) is -1.35. The lowest BCUT2D eigenvalue weighted by atomic mass is 10.1. The standard InChI is InChI=1S/C16H21N3O3S/c1-18(23(20,21)13-2-3-13)12-5-9-19(10-6-12)16-14-7-11-22-15(14)4-8-17-16/h4,7-8,11-13H,2-3,5-6,9-10H2,1H3. The summed E-state index contributed by atoms with van der Waals surface area (Å²) in [5.41, 5.74) is 0.838. The first-order chi connectivity index (χ1) is 11.1. The van der Waals surface area contributed by atoms with Crippen LogP contribution in [0.4, 0.5) is 5.82 Å². The van der Waals surface area contributed by atoms with E-state index >= 15 is 0 Å². The van der Waals surface area contributed by atoms with Crippen LogP contribution in [-0.2, 0) is 10.0 Å². The number of aromatic nitrogens is 1. The highest BCUT2D eigenvalue weighted by atomic mass is 32.2. The first-order valence-electron chi connectivity index (χ1n) is 8.11. The van der Waals surface area contributed by atoms with E-state index < -0.39 is 10.0 Å². The lowest BCUT2D eigenvalue weighted by Gasteiger charge is -2.36. The molecular formula is C16H21N3O3S. The molecule has 0 aromatic carbocycles. The van der Waals surface area contributed by atoms with Crippen LogP contribution < -0.4 is 4.90 Å². The minimum Gasteiger partial charge on any atom is -0.464 e. The maximum Gasteiger partial charge on any atom is 0.216 e. The van der Waals surface area contributed by atoms with Gasteiger partial charge in [-0.15, -0.1) is 0 Å². The third-order valence-corrected chi connectivity index (χ3v) is 7.40. The Balaban J connectivity index is 1.48. The quantitative estimate of drug-likeness (QED) is 0.857. The lowest BCUT2D eigenvalue weighted by Crippen LogP contribution is -2.46. The molecule has 0 atom stereocenters. The molecule has 0 spiro atoms. The van der Waals surface area contributed by atoms with Gasteiger partial charge in [-0.3, -0.25) is 0 Å². The molecule has 4 rings (SSSR count). The summed E-state index contributed by atoms with van der Waals surface area (Å²) in [6.07, 6.45) is 6.74. The Labute approximate surface area is 136 Å². The van der Waals surface area contributed by atoms with Crippen molar-refractivity contribution in [2.45, 2.75) is 37.0 Å². The predicted molar refractivity (Wildman–Crippen MR) is 88.9 cm³/mol.